The Kier molecular flexibility index (Phi) is 4.20. The Bertz CT molecular complexity index is 501. The number of carbonyl (C=O) groups is 1. The second kappa shape index (κ2) is 6.30. The van der Waals surface area contributed by atoms with E-state index in [2.05, 4.69) is 16.3 Å². The summed E-state index contributed by atoms with van der Waals surface area (Å²) in [5, 5.41) is 5.04. The average Bonchev–Trinajstić information content (AvgIpc) is 3.10. The Hall–Kier alpha value is -0.910. The van der Waals surface area contributed by atoms with Crippen LogP contribution in [0.5, 0.6) is 0 Å². The molecule has 0 aromatic carbocycles. The van der Waals surface area contributed by atoms with E-state index < -0.39 is 0 Å². The van der Waals surface area contributed by atoms with E-state index in [1.54, 1.807) is 11.3 Å². The van der Waals surface area contributed by atoms with Gasteiger partial charge in [0.05, 0.1) is 25.2 Å². The van der Waals surface area contributed by atoms with E-state index in [4.69, 9.17) is 4.74 Å². The number of hydrogen-bond donors (Lipinski definition) is 1. The zero-order valence-corrected chi connectivity index (χ0v) is 13.7. The molecule has 1 saturated carbocycles. The first-order valence-electron chi connectivity index (χ1n) is 8.46. The number of likely N-dealkylation sites (tertiary alicyclic amines) is 1. The molecule has 0 unspecified atom stereocenters. The third kappa shape index (κ3) is 3.07. The number of nitrogens with one attached hydrogen (secondary N) is 1. The molecule has 3 fully saturated rings. The summed E-state index contributed by atoms with van der Waals surface area (Å²) in [6, 6.07) is 4.89. The van der Waals surface area contributed by atoms with Crippen molar-refractivity contribution in [1.82, 2.24) is 10.2 Å². The highest BCUT2D eigenvalue weighted by atomic mass is 32.1. The second-order valence-corrected chi connectivity index (χ2v) is 7.92. The predicted molar refractivity (Wildman–Crippen MR) is 86.8 cm³/mol. The van der Waals surface area contributed by atoms with Crippen LogP contribution in [0, 0.1) is 5.92 Å². The summed E-state index contributed by atoms with van der Waals surface area (Å²) >= 11 is 1.68. The molecule has 3 atom stereocenters. The molecule has 120 valence electrons. The fourth-order valence-corrected chi connectivity index (χ4v) is 4.60. The van der Waals surface area contributed by atoms with Gasteiger partial charge in [-0.05, 0) is 30.7 Å². The molecule has 0 bridgehead atoms. The van der Waals surface area contributed by atoms with Gasteiger partial charge in [-0.25, -0.2) is 0 Å². The monoisotopic (exact) mass is 320 g/mol. The quantitative estimate of drug-likeness (QED) is 0.906. The van der Waals surface area contributed by atoms with Gasteiger partial charge in [0.15, 0.2) is 0 Å². The first kappa shape index (κ1) is 14.7. The van der Waals surface area contributed by atoms with Crippen LogP contribution in [0.1, 0.15) is 37.0 Å². The van der Waals surface area contributed by atoms with Crippen molar-refractivity contribution in [3.05, 3.63) is 22.4 Å². The minimum atomic E-state index is 0.120. The van der Waals surface area contributed by atoms with Crippen LogP contribution in [0.2, 0.25) is 0 Å². The van der Waals surface area contributed by atoms with Crippen LogP contribution in [-0.2, 0) is 16.1 Å². The Labute approximate surface area is 135 Å². The molecule has 22 heavy (non-hydrogen) atoms. The SMILES string of the molecule is O=C(C[C@@H]1C[C@@H]2CN(C3CCC3)C[C@@H]2O1)NCc1cccs1. The fourth-order valence-electron chi connectivity index (χ4n) is 3.95. The van der Waals surface area contributed by atoms with Crippen molar-refractivity contribution < 1.29 is 9.53 Å². The third-order valence-corrected chi connectivity index (χ3v) is 6.26. The van der Waals surface area contributed by atoms with Crippen molar-refractivity contribution in [1.29, 1.82) is 0 Å². The van der Waals surface area contributed by atoms with E-state index >= 15 is 0 Å². The summed E-state index contributed by atoms with van der Waals surface area (Å²) in [7, 11) is 0. The molecule has 1 aromatic rings. The summed E-state index contributed by atoms with van der Waals surface area (Å²) in [5.41, 5.74) is 0. The van der Waals surface area contributed by atoms with Crippen molar-refractivity contribution in [2.24, 2.45) is 5.92 Å². The van der Waals surface area contributed by atoms with Crippen LogP contribution in [0.4, 0.5) is 0 Å². The summed E-state index contributed by atoms with van der Waals surface area (Å²) in [5.74, 6) is 0.768. The van der Waals surface area contributed by atoms with Gasteiger partial charge in [-0.3, -0.25) is 9.69 Å². The number of carbonyl (C=O) groups excluding carboxylic acids is 1. The van der Waals surface area contributed by atoms with Gasteiger partial charge in [0.2, 0.25) is 5.91 Å². The topological polar surface area (TPSA) is 41.6 Å². The lowest BCUT2D eigenvalue weighted by Crippen LogP contribution is -2.40. The molecule has 1 aromatic heterocycles. The van der Waals surface area contributed by atoms with E-state index in [0.29, 0.717) is 25.0 Å². The van der Waals surface area contributed by atoms with Crippen LogP contribution >= 0.6 is 11.3 Å². The number of ether oxygens (including phenoxy) is 1. The average molecular weight is 320 g/mol. The van der Waals surface area contributed by atoms with Crippen molar-refractivity contribution >= 4 is 17.2 Å². The van der Waals surface area contributed by atoms with Crippen LogP contribution < -0.4 is 5.32 Å². The van der Waals surface area contributed by atoms with Crippen LogP contribution in [0.3, 0.4) is 0 Å². The molecule has 3 aliphatic rings. The van der Waals surface area contributed by atoms with E-state index in [0.717, 1.165) is 19.0 Å². The number of thiophene rings is 1. The minimum absolute atomic E-state index is 0.120. The summed E-state index contributed by atoms with van der Waals surface area (Å²) in [6.07, 6.45) is 6.20. The molecular weight excluding hydrogens is 296 g/mol. The molecule has 3 heterocycles. The number of amides is 1. The van der Waals surface area contributed by atoms with Gasteiger partial charge in [0.25, 0.3) is 0 Å². The van der Waals surface area contributed by atoms with E-state index in [9.17, 15) is 4.79 Å². The van der Waals surface area contributed by atoms with Gasteiger partial charge >= 0.3 is 0 Å². The molecule has 2 saturated heterocycles. The summed E-state index contributed by atoms with van der Waals surface area (Å²) in [6.45, 7) is 2.91. The van der Waals surface area contributed by atoms with E-state index in [1.807, 2.05) is 11.4 Å². The predicted octanol–water partition coefficient (Wildman–Crippen LogP) is 2.40. The fraction of sp³-hybridized carbons (Fsp3) is 0.706. The Morgan fingerprint density at radius 2 is 2.32 bits per heavy atom. The lowest BCUT2D eigenvalue weighted by molar-refractivity contribution is -0.124. The maximum Gasteiger partial charge on any atom is 0.222 e. The smallest absolute Gasteiger partial charge is 0.222 e. The molecule has 0 radical (unpaired) electrons. The second-order valence-electron chi connectivity index (χ2n) is 6.89. The van der Waals surface area contributed by atoms with E-state index in [-0.39, 0.29) is 12.0 Å². The highest BCUT2D eigenvalue weighted by Crippen LogP contribution is 2.38. The zero-order valence-electron chi connectivity index (χ0n) is 12.9. The van der Waals surface area contributed by atoms with Gasteiger partial charge < -0.3 is 10.1 Å². The lowest BCUT2D eigenvalue weighted by Gasteiger charge is -2.35. The molecule has 0 spiro atoms. The molecule has 2 aliphatic heterocycles. The molecule has 4 rings (SSSR count). The van der Waals surface area contributed by atoms with Crippen LogP contribution in [-0.4, -0.2) is 42.1 Å². The molecule has 1 amide bonds. The van der Waals surface area contributed by atoms with Crippen LogP contribution in [0.25, 0.3) is 0 Å². The first-order valence-corrected chi connectivity index (χ1v) is 9.34. The van der Waals surface area contributed by atoms with Crippen molar-refractivity contribution in [2.75, 3.05) is 13.1 Å². The van der Waals surface area contributed by atoms with Crippen LogP contribution in [0.15, 0.2) is 17.5 Å². The summed E-state index contributed by atoms with van der Waals surface area (Å²) < 4.78 is 6.14. The number of nitrogens with zero attached hydrogens (tertiary/aromatic N) is 1. The van der Waals surface area contributed by atoms with E-state index in [1.165, 1.54) is 30.7 Å². The highest BCUT2D eigenvalue weighted by Gasteiger charge is 2.44. The third-order valence-electron chi connectivity index (χ3n) is 5.39. The molecule has 1 N–H and O–H groups in total. The Balaban J connectivity index is 1.20. The molecular formula is C17H24N2O2S. The van der Waals surface area contributed by atoms with Gasteiger partial charge in [0.1, 0.15) is 0 Å². The molecule has 4 nitrogen and oxygen atoms in total. The standard InChI is InChI=1S/C17H24N2O2S/c20-17(18-9-15-5-2-6-22-15)8-14-7-12-10-19(11-16(12)21-14)13-3-1-4-13/h2,5-6,12-14,16H,1,3-4,7-11H2,(H,18,20)/t12-,14+,16+/m1/s1. The normalized spacial score (nSPS) is 31.9. The highest BCUT2D eigenvalue weighted by molar-refractivity contribution is 7.09. The first-order chi connectivity index (χ1) is 10.8. The number of hydrogen-bond acceptors (Lipinski definition) is 4. The van der Waals surface area contributed by atoms with Gasteiger partial charge in [-0.2, -0.15) is 0 Å². The van der Waals surface area contributed by atoms with Crippen molar-refractivity contribution in [2.45, 2.75) is 56.9 Å². The molecule has 5 heteroatoms. The maximum atomic E-state index is 12.0. The van der Waals surface area contributed by atoms with Crippen molar-refractivity contribution in [3.63, 3.8) is 0 Å². The summed E-state index contributed by atoms with van der Waals surface area (Å²) in [4.78, 5) is 15.9. The zero-order chi connectivity index (χ0) is 14.9. The Morgan fingerprint density at radius 1 is 1.41 bits per heavy atom. The largest absolute Gasteiger partial charge is 0.373 e. The molecule has 1 aliphatic carbocycles. The van der Waals surface area contributed by atoms with Gasteiger partial charge in [0, 0.05) is 29.9 Å². The van der Waals surface area contributed by atoms with Gasteiger partial charge in [-0.15, -0.1) is 11.3 Å². The number of rotatable bonds is 5. The Morgan fingerprint density at radius 3 is 3.00 bits per heavy atom. The van der Waals surface area contributed by atoms with Crippen molar-refractivity contribution in [3.8, 4) is 0 Å². The minimum Gasteiger partial charge on any atom is -0.373 e. The number of fused-ring (bicyclic) bond motifs is 1. The maximum absolute atomic E-state index is 12.0. The lowest BCUT2D eigenvalue weighted by atomic mass is 9.92. The van der Waals surface area contributed by atoms with Gasteiger partial charge in [-0.1, -0.05) is 12.5 Å².